The van der Waals surface area contributed by atoms with E-state index >= 15 is 0 Å². The first kappa shape index (κ1) is 38.0. The summed E-state index contributed by atoms with van der Waals surface area (Å²) in [6.07, 6.45) is 3.37. The number of benzene rings is 2. The molecule has 12 heteroatoms. The van der Waals surface area contributed by atoms with Crippen LogP contribution < -0.4 is 25.7 Å². The van der Waals surface area contributed by atoms with Crippen LogP contribution in [-0.4, -0.2) is 87.4 Å². The number of anilines is 2. The van der Waals surface area contributed by atoms with Gasteiger partial charge in [-0.1, -0.05) is 13.8 Å². The summed E-state index contributed by atoms with van der Waals surface area (Å²) in [5.74, 6) is 1.50. The number of aromatic nitrogens is 2. The fourth-order valence-corrected chi connectivity index (χ4v) is 5.59. The van der Waals surface area contributed by atoms with Crippen LogP contribution in [0.5, 0.6) is 11.5 Å². The second-order valence-corrected chi connectivity index (χ2v) is 12.7. The summed E-state index contributed by atoms with van der Waals surface area (Å²) in [5.41, 5.74) is 4.89. The summed E-state index contributed by atoms with van der Waals surface area (Å²) in [7, 11) is 8.87. The van der Waals surface area contributed by atoms with Crippen LogP contribution in [0.2, 0.25) is 0 Å². The van der Waals surface area contributed by atoms with Crippen LogP contribution >= 0.6 is 0 Å². The number of ketones is 1. The first-order chi connectivity index (χ1) is 23.9. The average molecular weight is 688 g/mol. The molecule has 2 N–H and O–H groups in total. The maximum Gasteiger partial charge on any atom is 0.259 e. The van der Waals surface area contributed by atoms with Crippen LogP contribution in [0.4, 0.5) is 11.5 Å². The molecule has 1 amide bonds. The van der Waals surface area contributed by atoms with Crippen LogP contribution in [0.15, 0.2) is 53.6 Å². The number of rotatable bonds is 18. The van der Waals surface area contributed by atoms with Gasteiger partial charge < -0.3 is 39.0 Å². The van der Waals surface area contributed by atoms with Crippen LogP contribution in [0.3, 0.4) is 0 Å². The number of carbonyl (C=O) groups excluding carboxylic acids is 2. The zero-order chi connectivity index (χ0) is 36.4. The predicted octanol–water partition coefficient (Wildman–Crippen LogP) is 5.30. The van der Waals surface area contributed by atoms with E-state index in [4.69, 9.17) is 18.9 Å². The molecule has 0 radical (unpaired) electrons. The zero-order valence-electron chi connectivity index (χ0n) is 30.3. The SMILES string of the molecule is COc1cc(-c2cn(C)c(=O)c3cnc(NC(=O)CCOCCOCCNc4ccc(C(=O)C(C)C)c(C)c4)cc23)cc(OC)c1CN(C)C. The fourth-order valence-electron chi connectivity index (χ4n) is 5.59. The predicted molar refractivity (Wildman–Crippen MR) is 197 cm³/mol. The molecule has 4 aromatic rings. The third-order valence-electron chi connectivity index (χ3n) is 8.17. The van der Waals surface area contributed by atoms with Crippen molar-refractivity contribution in [1.82, 2.24) is 14.5 Å². The lowest BCUT2D eigenvalue weighted by molar-refractivity contribution is -0.117. The molecule has 2 aromatic heterocycles. The number of amides is 1. The molecule has 268 valence electrons. The molecule has 0 fully saturated rings. The van der Waals surface area contributed by atoms with Crippen LogP contribution in [0.25, 0.3) is 21.9 Å². The first-order valence-corrected chi connectivity index (χ1v) is 16.7. The molecule has 0 atom stereocenters. The van der Waals surface area contributed by atoms with Gasteiger partial charge in [-0.3, -0.25) is 14.4 Å². The van der Waals surface area contributed by atoms with Gasteiger partial charge in [-0.05, 0) is 68.5 Å². The molecule has 4 rings (SSSR count). The van der Waals surface area contributed by atoms with Crippen molar-refractivity contribution in [2.75, 3.05) is 71.9 Å². The van der Waals surface area contributed by atoms with E-state index in [2.05, 4.69) is 15.6 Å². The molecule has 0 bridgehead atoms. The van der Waals surface area contributed by atoms with E-state index in [9.17, 15) is 14.4 Å². The van der Waals surface area contributed by atoms with E-state index in [0.717, 1.165) is 33.5 Å². The van der Waals surface area contributed by atoms with Crippen molar-refractivity contribution in [1.29, 1.82) is 0 Å². The Morgan fingerprint density at radius 1 is 0.940 bits per heavy atom. The molecule has 2 aromatic carbocycles. The van der Waals surface area contributed by atoms with Gasteiger partial charge in [0.1, 0.15) is 17.3 Å². The largest absolute Gasteiger partial charge is 0.496 e. The highest BCUT2D eigenvalue weighted by atomic mass is 16.5. The minimum absolute atomic E-state index is 0.0372. The Hall–Kier alpha value is -4.78. The average Bonchev–Trinajstić information content (AvgIpc) is 3.08. The van der Waals surface area contributed by atoms with Gasteiger partial charge in [-0.2, -0.15) is 0 Å². The Bertz CT molecular complexity index is 1840. The summed E-state index contributed by atoms with van der Waals surface area (Å²) < 4.78 is 24.2. The van der Waals surface area contributed by atoms with Gasteiger partial charge in [0, 0.05) is 60.6 Å². The molecule has 0 saturated heterocycles. The number of methoxy groups -OCH3 is 2. The van der Waals surface area contributed by atoms with Crippen molar-refractivity contribution in [2.24, 2.45) is 13.0 Å². The Kier molecular flexibility index (Phi) is 13.5. The maximum atomic E-state index is 13.0. The molecule has 2 heterocycles. The lowest BCUT2D eigenvalue weighted by Gasteiger charge is -2.19. The molecule has 0 aliphatic carbocycles. The van der Waals surface area contributed by atoms with E-state index in [-0.39, 0.29) is 36.2 Å². The molecule has 0 saturated carbocycles. The van der Waals surface area contributed by atoms with Gasteiger partial charge in [0.2, 0.25) is 5.91 Å². The molecule has 12 nitrogen and oxygen atoms in total. The molecular weight excluding hydrogens is 638 g/mol. The Labute approximate surface area is 293 Å². The molecule has 0 aliphatic heterocycles. The van der Waals surface area contributed by atoms with Crippen molar-refractivity contribution in [3.8, 4) is 22.6 Å². The molecular formula is C38H49N5O7. The maximum absolute atomic E-state index is 13.0. The van der Waals surface area contributed by atoms with Crippen molar-refractivity contribution in [2.45, 2.75) is 33.7 Å². The minimum Gasteiger partial charge on any atom is -0.496 e. The quantitative estimate of drug-likeness (QED) is 0.105. The highest BCUT2D eigenvalue weighted by molar-refractivity contribution is 6.00. The van der Waals surface area contributed by atoms with Gasteiger partial charge in [0.25, 0.3) is 5.56 Å². The third-order valence-corrected chi connectivity index (χ3v) is 8.17. The number of fused-ring (bicyclic) bond motifs is 1. The number of hydrogen-bond acceptors (Lipinski definition) is 10. The lowest BCUT2D eigenvalue weighted by Crippen LogP contribution is -2.19. The Balaban J connectivity index is 1.29. The number of aryl methyl sites for hydroxylation is 2. The number of ether oxygens (including phenoxy) is 4. The van der Waals surface area contributed by atoms with E-state index < -0.39 is 0 Å². The van der Waals surface area contributed by atoms with Gasteiger partial charge in [-0.15, -0.1) is 0 Å². The minimum atomic E-state index is -0.264. The monoisotopic (exact) mass is 687 g/mol. The van der Waals surface area contributed by atoms with Crippen LogP contribution in [0, 0.1) is 12.8 Å². The number of nitrogens with one attached hydrogen (secondary N) is 2. The normalized spacial score (nSPS) is 11.3. The summed E-state index contributed by atoms with van der Waals surface area (Å²) in [6, 6.07) is 11.3. The standard InChI is InChI=1S/C38H49N5O7/c1-24(2)37(45)28-10-9-27(17-25(28)3)39-12-14-50-16-15-49-13-11-36(44)41-35-20-29-30(21-40-35)38(46)43(6)23-31(29)26-18-33(47-7)32(22-42(4)5)34(19-26)48-8/h9-10,17-21,23-24,39H,11-16,22H2,1-8H3,(H,40,41,44). The summed E-state index contributed by atoms with van der Waals surface area (Å²) in [6.45, 7) is 8.40. The van der Waals surface area contributed by atoms with E-state index in [0.29, 0.717) is 61.0 Å². The number of nitrogens with zero attached hydrogens (tertiary/aromatic N) is 3. The fraction of sp³-hybridized carbons (Fsp3) is 0.421. The summed E-state index contributed by atoms with van der Waals surface area (Å²) >= 11 is 0. The van der Waals surface area contributed by atoms with Gasteiger partial charge >= 0.3 is 0 Å². The highest BCUT2D eigenvalue weighted by Crippen LogP contribution is 2.38. The second-order valence-electron chi connectivity index (χ2n) is 12.7. The first-order valence-electron chi connectivity index (χ1n) is 16.7. The smallest absolute Gasteiger partial charge is 0.259 e. The van der Waals surface area contributed by atoms with Gasteiger partial charge in [-0.25, -0.2) is 4.98 Å². The number of hydrogen-bond donors (Lipinski definition) is 2. The molecule has 0 unspecified atom stereocenters. The third kappa shape index (κ3) is 9.68. The Morgan fingerprint density at radius 2 is 1.62 bits per heavy atom. The van der Waals surface area contributed by atoms with E-state index in [1.165, 1.54) is 10.8 Å². The van der Waals surface area contributed by atoms with Crippen molar-refractivity contribution in [3.05, 3.63) is 75.8 Å². The van der Waals surface area contributed by atoms with Crippen LogP contribution in [0.1, 0.15) is 41.8 Å². The van der Waals surface area contributed by atoms with E-state index in [1.54, 1.807) is 33.5 Å². The zero-order valence-corrected chi connectivity index (χ0v) is 30.3. The van der Waals surface area contributed by atoms with Crippen molar-refractivity contribution < 1.29 is 28.5 Å². The Morgan fingerprint density at radius 3 is 2.24 bits per heavy atom. The van der Waals surface area contributed by atoms with Crippen LogP contribution in [-0.2, 0) is 27.9 Å². The molecule has 0 spiro atoms. The van der Waals surface area contributed by atoms with Gasteiger partial charge in [0.15, 0.2) is 5.78 Å². The van der Waals surface area contributed by atoms with E-state index in [1.807, 2.05) is 70.1 Å². The van der Waals surface area contributed by atoms with Crippen molar-refractivity contribution >= 4 is 34.0 Å². The van der Waals surface area contributed by atoms with Gasteiger partial charge in [0.05, 0.1) is 58.0 Å². The molecule has 50 heavy (non-hydrogen) atoms. The topological polar surface area (TPSA) is 133 Å². The molecule has 0 aliphatic rings. The van der Waals surface area contributed by atoms with Crippen molar-refractivity contribution in [3.63, 3.8) is 0 Å². The number of pyridine rings is 2. The lowest BCUT2D eigenvalue weighted by atomic mass is 9.97. The number of Topliss-reactive ketones (excluding diaryl/α,β-unsaturated/α-hetero) is 1. The number of carbonyl (C=O) groups is 2. The summed E-state index contributed by atoms with van der Waals surface area (Å²) in [5, 5.41) is 7.18. The highest BCUT2D eigenvalue weighted by Gasteiger charge is 2.18. The summed E-state index contributed by atoms with van der Waals surface area (Å²) in [4.78, 5) is 44.4. The second kappa shape index (κ2) is 17.7.